The fraction of sp³-hybridized carbons (Fsp3) is 0.529. The lowest BCUT2D eigenvalue weighted by molar-refractivity contribution is -0.141. The Morgan fingerprint density at radius 2 is 1.76 bits per heavy atom. The van der Waals surface area contributed by atoms with E-state index in [1.807, 2.05) is 0 Å². The standard InChI is InChI=1S/C17H22N2O5S/c20-16(18-11-9-13(12-18)17(21)22)15-8-4-5-10-19(15)25(23,24)14-6-2-1-3-7-14/h1-3,6-7,13,15H,4-5,8-12H2,(H,21,22). The first-order chi connectivity index (χ1) is 11.9. The van der Waals surface area contributed by atoms with Crippen molar-refractivity contribution in [2.45, 2.75) is 36.6 Å². The third-order valence-corrected chi connectivity index (χ3v) is 6.86. The number of carbonyl (C=O) groups is 2. The van der Waals surface area contributed by atoms with Gasteiger partial charge in [0.2, 0.25) is 15.9 Å². The first kappa shape index (κ1) is 17.9. The second-order valence-corrected chi connectivity index (χ2v) is 8.44. The number of piperidine rings is 1. The molecule has 2 unspecified atom stereocenters. The lowest BCUT2D eigenvalue weighted by Crippen LogP contribution is -2.52. The molecule has 2 atom stereocenters. The summed E-state index contributed by atoms with van der Waals surface area (Å²) in [5, 5.41) is 9.11. The van der Waals surface area contributed by atoms with Gasteiger partial charge in [-0.05, 0) is 31.4 Å². The molecule has 2 heterocycles. The quantitative estimate of drug-likeness (QED) is 0.863. The van der Waals surface area contributed by atoms with Crippen LogP contribution in [0.25, 0.3) is 0 Å². The van der Waals surface area contributed by atoms with Crippen LogP contribution in [0.1, 0.15) is 25.7 Å². The highest BCUT2D eigenvalue weighted by atomic mass is 32.2. The highest BCUT2D eigenvalue weighted by molar-refractivity contribution is 7.89. The van der Waals surface area contributed by atoms with Crippen molar-refractivity contribution in [3.63, 3.8) is 0 Å². The van der Waals surface area contributed by atoms with E-state index >= 15 is 0 Å². The molecule has 0 spiro atoms. The van der Waals surface area contributed by atoms with E-state index in [0.717, 1.165) is 6.42 Å². The summed E-state index contributed by atoms with van der Waals surface area (Å²) in [5.41, 5.74) is 0. The Kier molecular flexibility index (Phi) is 5.10. The van der Waals surface area contributed by atoms with Gasteiger partial charge in [-0.25, -0.2) is 8.42 Å². The molecule has 25 heavy (non-hydrogen) atoms. The first-order valence-corrected chi connectivity index (χ1v) is 9.94. The number of aliphatic carboxylic acids is 1. The van der Waals surface area contributed by atoms with Gasteiger partial charge in [-0.3, -0.25) is 9.59 Å². The van der Waals surface area contributed by atoms with E-state index in [4.69, 9.17) is 5.11 Å². The van der Waals surface area contributed by atoms with Gasteiger partial charge in [-0.1, -0.05) is 24.6 Å². The maximum absolute atomic E-state index is 13.0. The van der Waals surface area contributed by atoms with Crippen LogP contribution in [0, 0.1) is 5.92 Å². The van der Waals surface area contributed by atoms with E-state index in [-0.39, 0.29) is 17.3 Å². The predicted octanol–water partition coefficient (Wildman–Crippen LogP) is 1.16. The molecule has 2 aliphatic heterocycles. The highest BCUT2D eigenvalue weighted by Crippen LogP contribution is 2.28. The maximum Gasteiger partial charge on any atom is 0.308 e. The van der Waals surface area contributed by atoms with Gasteiger partial charge in [-0.2, -0.15) is 4.31 Å². The van der Waals surface area contributed by atoms with Crippen molar-refractivity contribution in [2.24, 2.45) is 5.92 Å². The molecule has 7 nitrogen and oxygen atoms in total. The minimum absolute atomic E-state index is 0.157. The number of likely N-dealkylation sites (tertiary alicyclic amines) is 1. The van der Waals surface area contributed by atoms with Crippen molar-refractivity contribution in [3.8, 4) is 0 Å². The van der Waals surface area contributed by atoms with Gasteiger partial charge in [-0.15, -0.1) is 0 Å². The molecule has 1 N–H and O–H groups in total. The van der Waals surface area contributed by atoms with Crippen LogP contribution in [0.15, 0.2) is 35.2 Å². The molecule has 0 aliphatic carbocycles. The summed E-state index contributed by atoms with van der Waals surface area (Å²) in [4.78, 5) is 25.7. The van der Waals surface area contributed by atoms with Gasteiger partial charge >= 0.3 is 5.97 Å². The van der Waals surface area contributed by atoms with E-state index in [1.54, 1.807) is 18.2 Å². The number of sulfonamides is 1. The summed E-state index contributed by atoms with van der Waals surface area (Å²) in [6, 6.07) is 7.38. The van der Waals surface area contributed by atoms with Gasteiger partial charge in [0.25, 0.3) is 0 Å². The SMILES string of the molecule is O=C(O)C1CCN(C(=O)C2CCCCN2S(=O)(=O)c2ccccc2)C1. The summed E-state index contributed by atoms with van der Waals surface area (Å²) in [6.45, 7) is 0.833. The molecule has 8 heteroatoms. The lowest BCUT2D eigenvalue weighted by Gasteiger charge is -2.35. The van der Waals surface area contributed by atoms with Gasteiger partial charge in [0.1, 0.15) is 6.04 Å². The van der Waals surface area contributed by atoms with Gasteiger partial charge in [0.05, 0.1) is 10.8 Å². The van der Waals surface area contributed by atoms with Crippen LogP contribution in [0.3, 0.4) is 0 Å². The molecule has 3 rings (SSSR count). The monoisotopic (exact) mass is 366 g/mol. The smallest absolute Gasteiger partial charge is 0.308 e. The number of benzene rings is 1. The molecule has 1 aromatic rings. The van der Waals surface area contributed by atoms with Crippen molar-refractivity contribution in [1.29, 1.82) is 0 Å². The van der Waals surface area contributed by atoms with Crippen LogP contribution < -0.4 is 0 Å². The molecular weight excluding hydrogens is 344 g/mol. The van der Waals surface area contributed by atoms with Crippen LogP contribution in [0.4, 0.5) is 0 Å². The topological polar surface area (TPSA) is 95.0 Å². The first-order valence-electron chi connectivity index (χ1n) is 8.50. The van der Waals surface area contributed by atoms with Crippen LogP contribution in [0.5, 0.6) is 0 Å². The molecule has 1 aromatic carbocycles. The largest absolute Gasteiger partial charge is 0.481 e. The number of hydrogen-bond acceptors (Lipinski definition) is 4. The normalized spacial score (nSPS) is 25.0. The Hall–Kier alpha value is -1.93. The second-order valence-electron chi connectivity index (χ2n) is 6.55. The van der Waals surface area contributed by atoms with E-state index in [9.17, 15) is 18.0 Å². The fourth-order valence-corrected chi connectivity index (χ4v) is 5.21. The summed E-state index contributed by atoms with van der Waals surface area (Å²) < 4.78 is 27.2. The van der Waals surface area contributed by atoms with E-state index in [1.165, 1.54) is 21.3 Å². The Bertz CT molecular complexity index is 750. The second kappa shape index (κ2) is 7.13. The molecule has 0 aromatic heterocycles. The zero-order chi connectivity index (χ0) is 18.0. The summed E-state index contributed by atoms with van der Waals surface area (Å²) in [7, 11) is -3.75. The van der Waals surface area contributed by atoms with E-state index in [0.29, 0.717) is 32.4 Å². The minimum atomic E-state index is -3.75. The number of carboxylic acids is 1. The molecule has 0 saturated carbocycles. The molecule has 2 saturated heterocycles. The fourth-order valence-electron chi connectivity index (χ4n) is 3.54. The van der Waals surface area contributed by atoms with Crippen LogP contribution in [-0.4, -0.2) is 60.3 Å². The van der Waals surface area contributed by atoms with E-state index < -0.39 is 28.0 Å². The number of carbonyl (C=O) groups excluding carboxylic acids is 1. The number of hydrogen-bond donors (Lipinski definition) is 1. The van der Waals surface area contributed by atoms with Gasteiger partial charge in [0, 0.05) is 19.6 Å². The maximum atomic E-state index is 13.0. The Morgan fingerprint density at radius 3 is 2.40 bits per heavy atom. The van der Waals surface area contributed by atoms with Gasteiger partial charge < -0.3 is 10.0 Å². The van der Waals surface area contributed by atoms with Crippen LogP contribution in [0.2, 0.25) is 0 Å². The highest BCUT2D eigenvalue weighted by Gasteiger charge is 2.41. The zero-order valence-electron chi connectivity index (χ0n) is 13.9. The minimum Gasteiger partial charge on any atom is -0.481 e. The average molecular weight is 366 g/mol. The van der Waals surface area contributed by atoms with Crippen molar-refractivity contribution in [3.05, 3.63) is 30.3 Å². The molecule has 1 amide bonds. The number of nitrogens with zero attached hydrogens (tertiary/aromatic N) is 2. The summed E-state index contributed by atoms with van der Waals surface area (Å²) >= 11 is 0. The van der Waals surface area contributed by atoms with Crippen molar-refractivity contribution >= 4 is 21.9 Å². The Balaban J connectivity index is 1.82. The molecule has 2 fully saturated rings. The molecule has 136 valence electrons. The number of amides is 1. The van der Waals surface area contributed by atoms with Crippen molar-refractivity contribution in [1.82, 2.24) is 9.21 Å². The van der Waals surface area contributed by atoms with Crippen LogP contribution >= 0.6 is 0 Å². The van der Waals surface area contributed by atoms with Crippen molar-refractivity contribution < 1.29 is 23.1 Å². The zero-order valence-corrected chi connectivity index (χ0v) is 14.7. The third kappa shape index (κ3) is 3.55. The van der Waals surface area contributed by atoms with Gasteiger partial charge in [0.15, 0.2) is 0 Å². The van der Waals surface area contributed by atoms with Crippen LogP contribution in [-0.2, 0) is 19.6 Å². The van der Waals surface area contributed by atoms with Crippen molar-refractivity contribution in [2.75, 3.05) is 19.6 Å². The predicted molar refractivity (Wildman–Crippen MR) is 90.3 cm³/mol. The number of rotatable bonds is 4. The molecule has 0 radical (unpaired) electrons. The van der Waals surface area contributed by atoms with E-state index in [2.05, 4.69) is 0 Å². The average Bonchev–Trinajstić information content (AvgIpc) is 3.12. The number of carboxylic acid groups (broad SMARTS) is 1. The Labute approximate surface area is 147 Å². The summed E-state index contributed by atoms with van der Waals surface area (Å²) in [6.07, 6.45) is 2.39. The molecule has 0 bridgehead atoms. The Morgan fingerprint density at radius 1 is 1.04 bits per heavy atom. The molecule has 2 aliphatic rings. The lowest BCUT2D eigenvalue weighted by atomic mass is 10.0. The summed E-state index contributed by atoms with van der Waals surface area (Å²) in [5.74, 6) is -1.75. The molecular formula is C17H22N2O5S. The third-order valence-electron chi connectivity index (χ3n) is 4.94.